The summed E-state index contributed by atoms with van der Waals surface area (Å²) in [7, 11) is 0. The highest BCUT2D eigenvalue weighted by molar-refractivity contribution is 5.68. The molecule has 1 aromatic rings. The van der Waals surface area contributed by atoms with Gasteiger partial charge in [-0.25, -0.2) is 9.78 Å². The molecule has 1 aromatic heterocycles. The molecule has 18 heavy (non-hydrogen) atoms. The lowest BCUT2D eigenvalue weighted by molar-refractivity contribution is 0.105. The van der Waals surface area contributed by atoms with Gasteiger partial charge in [0.25, 0.3) is 0 Å². The number of amides is 1. The summed E-state index contributed by atoms with van der Waals surface area (Å²) in [6, 6.07) is 3.65. The minimum absolute atomic E-state index is 0.244. The summed E-state index contributed by atoms with van der Waals surface area (Å²) in [4.78, 5) is 19.6. The molecular formula is C12H18N4O2. The molecule has 6 nitrogen and oxygen atoms in total. The number of hydrogen-bond donors (Lipinski definition) is 1. The number of ether oxygens (including phenoxy) is 1. The highest BCUT2D eigenvalue weighted by Crippen LogP contribution is 2.20. The van der Waals surface area contributed by atoms with Crippen molar-refractivity contribution in [2.45, 2.75) is 6.92 Å². The van der Waals surface area contributed by atoms with Gasteiger partial charge in [0.1, 0.15) is 0 Å². The van der Waals surface area contributed by atoms with Crippen molar-refractivity contribution in [3.8, 4) is 0 Å². The lowest BCUT2D eigenvalue weighted by atomic mass is 10.3. The molecule has 6 heteroatoms. The second-order valence-corrected chi connectivity index (χ2v) is 4.09. The van der Waals surface area contributed by atoms with E-state index in [1.807, 2.05) is 19.1 Å². The van der Waals surface area contributed by atoms with E-state index in [-0.39, 0.29) is 6.09 Å². The monoisotopic (exact) mass is 250 g/mol. The molecule has 2 rings (SSSR count). The van der Waals surface area contributed by atoms with E-state index in [4.69, 9.17) is 10.5 Å². The molecule has 1 aliphatic rings. The molecule has 0 spiro atoms. The lowest BCUT2D eigenvalue weighted by Gasteiger charge is -2.35. The zero-order chi connectivity index (χ0) is 13.0. The zero-order valence-corrected chi connectivity index (χ0v) is 10.5. The number of nitrogens with zero attached hydrogens (tertiary/aromatic N) is 3. The zero-order valence-electron chi connectivity index (χ0n) is 10.5. The van der Waals surface area contributed by atoms with Gasteiger partial charge in [-0.1, -0.05) is 0 Å². The first-order valence-electron chi connectivity index (χ1n) is 6.09. The molecule has 0 atom stereocenters. The SMILES string of the molecule is CCOC(=O)N1CCN(c2ncccc2N)CC1. The Balaban J connectivity index is 1.95. The van der Waals surface area contributed by atoms with Gasteiger partial charge in [0.15, 0.2) is 5.82 Å². The fourth-order valence-corrected chi connectivity index (χ4v) is 1.99. The lowest BCUT2D eigenvalue weighted by Crippen LogP contribution is -2.49. The third kappa shape index (κ3) is 2.64. The number of aromatic nitrogens is 1. The van der Waals surface area contributed by atoms with Crippen LogP contribution in [0.15, 0.2) is 18.3 Å². The smallest absolute Gasteiger partial charge is 0.409 e. The van der Waals surface area contributed by atoms with Crippen LogP contribution >= 0.6 is 0 Å². The summed E-state index contributed by atoms with van der Waals surface area (Å²) >= 11 is 0. The molecule has 98 valence electrons. The minimum Gasteiger partial charge on any atom is -0.450 e. The summed E-state index contributed by atoms with van der Waals surface area (Å²) in [5.74, 6) is 0.793. The van der Waals surface area contributed by atoms with E-state index < -0.39 is 0 Å². The fourth-order valence-electron chi connectivity index (χ4n) is 1.99. The summed E-state index contributed by atoms with van der Waals surface area (Å²) in [5.41, 5.74) is 6.55. The first-order chi connectivity index (χ1) is 8.72. The summed E-state index contributed by atoms with van der Waals surface area (Å²) < 4.78 is 4.97. The third-order valence-corrected chi connectivity index (χ3v) is 2.92. The molecular weight excluding hydrogens is 232 g/mol. The molecule has 1 amide bonds. The van der Waals surface area contributed by atoms with E-state index in [0.717, 1.165) is 18.9 Å². The first-order valence-corrected chi connectivity index (χ1v) is 6.09. The molecule has 0 radical (unpaired) electrons. The summed E-state index contributed by atoms with van der Waals surface area (Å²) in [6.07, 6.45) is 1.48. The Hall–Kier alpha value is -1.98. The van der Waals surface area contributed by atoms with Gasteiger partial charge in [-0.05, 0) is 19.1 Å². The molecule has 1 saturated heterocycles. The minimum atomic E-state index is -0.244. The van der Waals surface area contributed by atoms with Crippen LogP contribution in [0.4, 0.5) is 16.3 Å². The van der Waals surface area contributed by atoms with E-state index in [2.05, 4.69) is 9.88 Å². The predicted octanol–water partition coefficient (Wildman–Crippen LogP) is 0.942. The van der Waals surface area contributed by atoms with Crippen LogP contribution in [0.3, 0.4) is 0 Å². The molecule has 0 bridgehead atoms. The molecule has 1 aliphatic heterocycles. The van der Waals surface area contributed by atoms with Crippen LogP contribution in [-0.4, -0.2) is 48.8 Å². The van der Waals surface area contributed by atoms with E-state index in [9.17, 15) is 4.79 Å². The maximum absolute atomic E-state index is 11.6. The van der Waals surface area contributed by atoms with Crippen LogP contribution in [-0.2, 0) is 4.74 Å². The topological polar surface area (TPSA) is 71.7 Å². The Morgan fingerprint density at radius 3 is 2.78 bits per heavy atom. The van der Waals surface area contributed by atoms with E-state index >= 15 is 0 Å². The van der Waals surface area contributed by atoms with Crippen molar-refractivity contribution in [2.24, 2.45) is 0 Å². The van der Waals surface area contributed by atoms with Crippen molar-refractivity contribution in [2.75, 3.05) is 43.4 Å². The number of carbonyl (C=O) groups excluding carboxylic acids is 1. The number of nitrogen functional groups attached to an aromatic ring is 1. The molecule has 2 N–H and O–H groups in total. The van der Waals surface area contributed by atoms with Gasteiger partial charge in [0.05, 0.1) is 12.3 Å². The van der Waals surface area contributed by atoms with Crippen molar-refractivity contribution < 1.29 is 9.53 Å². The maximum atomic E-state index is 11.6. The largest absolute Gasteiger partial charge is 0.450 e. The van der Waals surface area contributed by atoms with Crippen LogP contribution in [0, 0.1) is 0 Å². The second-order valence-electron chi connectivity index (χ2n) is 4.09. The van der Waals surface area contributed by atoms with Crippen LogP contribution in [0.5, 0.6) is 0 Å². The predicted molar refractivity (Wildman–Crippen MR) is 69.5 cm³/mol. The highest BCUT2D eigenvalue weighted by atomic mass is 16.6. The van der Waals surface area contributed by atoms with Crippen LogP contribution in [0.25, 0.3) is 0 Å². The van der Waals surface area contributed by atoms with Crippen LogP contribution in [0.1, 0.15) is 6.92 Å². The molecule has 2 heterocycles. The van der Waals surface area contributed by atoms with Gasteiger partial charge < -0.3 is 20.3 Å². The Morgan fingerprint density at radius 1 is 1.44 bits per heavy atom. The quantitative estimate of drug-likeness (QED) is 0.845. The van der Waals surface area contributed by atoms with E-state index in [1.54, 1.807) is 11.1 Å². The highest BCUT2D eigenvalue weighted by Gasteiger charge is 2.23. The summed E-state index contributed by atoms with van der Waals surface area (Å²) in [6.45, 7) is 4.93. The molecule has 0 aromatic carbocycles. The maximum Gasteiger partial charge on any atom is 0.409 e. The van der Waals surface area contributed by atoms with Gasteiger partial charge in [-0.3, -0.25) is 0 Å². The van der Waals surface area contributed by atoms with Crippen molar-refractivity contribution in [1.82, 2.24) is 9.88 Å². The van der Waals surface area contributed by atoms with Crippen molar-refractivity contribution in [3.05, 3.63) is 18.3 Å². The fraction of sp³-hybridized carbons (Fsp3) is 0.500. The van der Waals surface area contributed by atoms with Gasteiger partial charge in [0.2, 0.25) is 0 Å². The summed E-state index contributed by atoms with van der Waals surface area (Å²) in [5, 5.41) is 0. The van der Waals surface area contributed by atoms with Crippen LogP contribution < -0.4 is 10.6 Å². The average molecular weight is 250 g/mol. The number of piperazine rings is 1. The van der Waals surface area contributed by atoms with E-state index in [1.165, 1.54) is 0 Å². The number of pyridine rings is 1. The van der Waals surface area contributed by atoms with Crippen molar-refractivity contribution in [3.63, 3.8) is 0 Å². The Morgan fingerprint density at radius 2 is 2.17 bits per heavy atom. The number of rotatable bonds is 2. The van der Waals surface area contributed by atoms with Gasteiger partial charge in [-0.15, -0.1) is 0 Å². The van der Waals surface area contributed by atoms with Crippen molar-refractivity contribution in [1.29, 1.82) is 0 Å². The number of nitrogens with two attached hydrogens (primary N) is 1. The third-order valence-electron chi connectivity index (χ3n) is 2.92. The van der Waals surface area contributed by atoms with Gasteiger partial charge in [0, 0.05) is 32.4 Å². The Bertz CT molecular complexity index is 416. The van der Waals surface area contributed by atoms with E-state index in [0.29, 0.717) is 25.4 Å². The van der Waals surface area contributed by atoms with Gasteiger partial charge >= 0.3 is 6.09 Å². The van der Waals surface area contributed by atoms with Crippen LogP contribution in [0.2, 0.25) is 0 Å². The molecule has 0 saturated carbocycles. The first kappa shape index (κ1) is 12.5. The second kappa shape index (κ2) is 5.57. The molecule has 0 aliphatic carbocycles. The standard InChI is InChI=1S/C12H18N4O2/c1-2-18-12(17)16-8-6-15(7-9-16)11-10(13)4-3-5-14-11/h3-5H,2,6-9,13H2,1H3. The Labute approximate surface area is 106 Å². The molecule has 1 fully saturated rings. The average Bonchev–Trinajstić information content (AvgIpc) is 2.40. The molecule has 0 unspecified atom stereocenters. The number of hydrogen-bond acceptors (Lipinski definition) is 5. The van der Waals surface area contributed by atoms with Crippen molar-refractivity contribution >= 4 is 17.6 Å². The number of anilines is 2. The van der Waals surface area contributed by atoms with Gasteiger partial charge in [-0.2, -0.15) is 0 Å². The number of carbonyl (C=O) groups is 1. The normalized spacial score (nSPS) is 15.6. The Kier molecular flexibility index (Phi) is 3.86.